The molecule has 0 saturated heterocycles. The van der Waals surface area contributed by atoms with Gasteiger partial charge in [0, 0.05) is 54.1 Å². The lowest BCUT2D eigenvalue weighted by Gasteiger charge is -2.26. The number of nitrogens with one attached hydrogen (secondary N) is 2. The summed E-state index contributed by atoms with van der Waals surface area (Å²) < 4.78 is 0. The highest BCUT2D eigenvalue weighted by Gasteiger charge is 2.20. The molecule has 2 aromatic heterocycles. The van der Waals surface area contributed by atoms with E-state index in [0.717, 1.165) is 22.2 Å². The Kier molecular flexibility index (Phi) is 5.25. The third-order valence-corrected chi connectivity index (χ3v) is 5.08. The maximum atomic E-state index is 12.5. The number of carbonyl (C=O) groups excluding carboxylic acids is 2. The molecule has 0 fully saturated rings. The number of non-ortho nitro benzene ring substituents is 1. The van der Waals surface area contributed by atoms with Crippen LogP contribution in [0, 0.1) is 10.1 Å². The van der Waals surface area contributed by atoms with Gasteiger partial charge in [-0.15, -0.1) is 0 Å². The molecule has 9 nitrogen and oxygen atoms in total. The quantitative estimate of drug-likeness (QED) is 0.499. The third kappa shape index (κ3) is 3.90. The first kappa shape index (κ1) is 19.3. The lowest BCUT2D eigenvalue weighted by molar-refractivity contribution is -0.384. The molecule has 1 aromatic carbocycles. The summed E-state index contributed by atoms with van der Waals surface area (Å²) in [5, 5.41) is 14.4. The maximum Gasteiger partial charge on any atom is 0.270 e. The summed E-state index contributed by atoms with van der Waals surface area (Å²) >= 11 is 0. The van der Waals surface area contributed by atoms with E-state index in [1.165, 1.54) is 24.3 Å². The van der Waals surface area contributed by atoms with E-state index in [-0.39, 0.29) is 23.7 Å². The summed E-state index contributed by atoms with van der Waals surface area (Å²) in [6, 6.07) is 9.30. The standard InChI is InChI=1S/C21H19N5O4/c27-19(13-24-21(28)15-3-1-4-16(11-15)26(29)30)25-9-6-14(7-10-25)18-12-23-20-17(18)5-2-8-22-20/h1-6,8,11-12H,7,9-10,13H2,(H,22,23)(H,24,28). The van der Waals surface area contributed by atoms with Gasteiger partial charge in [0.2, 0.25) is 5.91 Å². The number of benzene rings is 1. The lowest BCUT2D eigenvalue weighted by Crippen LogP contribution is -2.42. The van der Waals surface area contributed by atoms with E-state index in [2.05, 4.69) is 15.3 Å². The van der Waals surface area contributed by atoms with Gasteiger partial charge in [-0.2, -0.15) is 0 Å². The molecule has 2 N–H and O–H groups in total. The van der Waals surface area contributed by atoms with Crippen molar-refractivity contribution in [1.29, 1.82) is 0 Å². The van der Waals surface area contributed by atoms with Crippen molar-refractivity contribution >= 4 is 34.1 Å². The highest BCUT2D eigenvalue weighted by Crippen LogP contribution is 2.28. The lowest BCUT2D eigenvalue weighted by atomic mass is 9.99. The normalized spacial score (nSPS) is 13.7. The van der Waals surface area contributed by atoms with Gasteiger partial charge in [-0.25, -0.2) is 4.98 Å². The van der Waals surface area contributed by atoms with Crippen molar-refractivity contribution in [1.82, 2.24) is 20.2 Å². The molecule has 0 radical (unpaired) electrons. The number of nitro groups is 1. The number of rotatable bonds is 5. The fourth-order valence-corrected chi connectivity index (χ4v) is 3.49. The number of carbonyl (C=O) groups is 2. The van der Waals surface area contributed by atoms with Crippen LogP contribution in [0.1, 0.15) is 22.3 Å². The number of hydrogen-bond donors (Lipinski definition) is 2. The number of aromatic amines is 1. The molecule has 2 amide bonds. The number of aromatic nitrogens is 2. The van der Waals surface area contributed by atoms with Crippen molar-refractivity contribution in [3.63, 3.8) is 0 Å². The molecular formula is C21H19N5O4. The summed E-state index contributed by atoms with van der Waals surface area (Å²) in [5.74, 6) is -0.726. The predicted octanol–water partition coefficient (Wildman–Crippen LogP) is 2.52. The first-order chi connectivity index (χ1) is 14.5. The fourth-order valence-electron chi connectivity index (χ4n) is 3.49. The third-order valence-electron chi connectivity index (χ3n) is 5.08. The molecule has 3 aromatic rings. The van der Waals surface area contributed by atoms with Crippen LogP contribution in [-0.4, -0.2) is 51.2 Å². The van der Waals surface area contributed by atoms with E-state index in [4.69, 9.17) is 0 Å². The van der Waals surface area contributed by atoms with Crippen molar-refractivity contribution in [2.75, 3.05) is 19.6 Å². The summed E-state index contributed by atoms with van der Waals surface area (Å²) in [5.41, 5.74) is 3.04. The highest BCUT2D eigenvalue weighted by molar-refractivity contribution is 5.97. The van der Waals surface area contributed by atoms with Crippen molar-refractivity contribution in [3.8, 4) is 0 Å². The summed E-state index contributed by atoms with van der Waals surface area (Å²) in [4.78, 5) is 44.1. The van der Waals surface area contributed by atoms with Gasteiger partial charge < -0.3 is 15.2 Å². The average Bonchev–Trinajstić information content (AvgIpc) is 3.21. The van der Waals surface area contributed by atoms with Crippen molar-refractivity contribution < 1.29 is 14.5 Å². The van der Waals surface area contributed by atoms with E-state index in [1.54, 1.807) is 11.1 Å². The van der Waals surface area contributed by atoms with Crippen LogP contribution in [0.5, 0.6) is 0 Å². The van der Waals surface area contributed by atoms with E-state index < -0.39 is 10.8 Å². The van der Waals surface area contributed by atoms with Gasteiger partial charge in [0.15, 0.2) is 0 Å². The average molecular weight is 405 g/mol. The van der Waals surface area contributed by atoms with Gasteiger partial charge in [0.05, 0.1) is 11.5 Å². The van der Waals surface area contributed by atoms with Gasteiger partial charge in [-0.05, 0) is 30.2 Å². The van der Waals surface area contributed by atoms with Crippen molar-refractivity contribution in [2.45, 2.75) is 6.42 Å². The second kappa shape index (κ2) is 8.16. The van der Waals surface area contributed by atoms with Crippen LogP contribution in [0.25, 0.3) is 16.6 Å². The number of hydrogen-bond acceptors (Lipinski definition) is 5. The van der Waals surface area contributed by atoms with Crippen LogP contribution in [0.2, 0.25) is 0 Å². The molecule has 0 atom stereocenters. The van der Waals surface area contributed by atoms with E-state index in [0.29, 0.717) is 19.5 Å². The molecule has 9 heteroatoms. The Morgan fingerprint density at radius 3 is 2.90 bits per heavy atom. The smallest absolute Gasteiger partial charge is 0.270 e. The second-order valence-electron chi connectivity index (χ2n) is 6.91. The molecule has 0 spiro atoms. The Labute approximate surface area is 171 Å². The minimum absolute atomic E-state index is 0.144. The molecule has 1 aliphatic heterocycles. The Balaban J connectivity index is 1.36. The summed E-state index contributed by atoms with van der Waals surface area (Å²) in [6.07, 6.45) is 6.38. The SMILES string of the molecule is O=C(NCC(=O)N1CC=C(c2c[nH]c3ncccc23)CC1)c1cccc([N+](=O)[O-])c1. The number of pyridine rings is 1. The van der Waals surface area contributed by atoms with Crippen LogP contribution in [0.3, 0.4) is 0 Å². The van der Waals surface area contributed by atoms with Gasteiger partial charge in [0.1, 0.15) is 5.65 Å². The van der Waals surface area contributed by atoms with Crippen LogP contribution < -0.4 is 5.32 Å². The maximum absolute atomic E-state index is 12.5. The number of H-pyrrole nitrogens is 1. The monoisotopic (exact) mass is 405 g/mol. The molecule has 0 unspecified atom stereocenters. The summed E-state index contributed by atoms with van der Waals surface area (Å²) in [7, 11) is 0. The van der Waals surface area contributed by atoms with Gasteiger partial charge >= 0.3 is 0 Å². The zero-order valence-electron chi connectivity index (χ0n) is 16.0. The fraction of sp³-hybridized carbons (Fsp3) is 0.190. The topological polar surface area (TPSA) is 121 Å². The van der Waals surface area contributed by atoms with Crippen LogP contribution >= 0.6 is 0 Å². The molecule has 4 rings (SSSR count). The molecule has 152 valence electrons. The van der Waals surface area contributed by atoms with E-state index in [9.17, 15) is 19.7 Å². The molecule has 0 saturated carbocycles. The molecule has 30 heavy (non-hydrogen) atoms. The van der Waals surface area contributed by atoms with Crippen LogP contribution in [-0.2, 0) is 4.79 Å². The minimum Gasteiger partial charge on any atom is -0.346 e. The minimum atomic E-state index is -0.566. The Hall–Kier alpha value is -4.01. The van der Waals surface area contributed by atoms with Gasteiger partial charge in [-0.3, -0.25) is 19.7 Å². The van der Waals surface area contributed by atoms with Crippen molar-refractivity contribution in [3.05, 3.63) is 76.1 Å². The largest absolute Gasteiger partial charge is 0.346 e. The van der Waals surface area contributed by atoms with Gasteiger partial charge in [0.25, 0.3) is 11.6 Å². The first-order valence-corrected chi connectivity index (χ1v) is 9.45. The van der Waals surface area contributed by atoms with Crippen LogP contribution in [0.15, 0.2) is 54.9 Å². The molecule has 0 aliphatic carbocycles. The Bertz CT molecular complexity index is 1170. The second-order valence-corrected chi connectivity index (χ2v) is 6.91. The van der Waals surface area contributed by atoms with E-state index in [1.807, 2.05) is 24.4 Å². The number of fused-ring (bicyclic) bond motifs is 1. The zero-order valence-corrected chi connectivity index (χ0v) is 16.0. The highest BCUT2D eigenvalue weighted by atomic mass is 16.6. The Morgan fingerprint density at radius 1 is 1.27 bits per heavy atom. The first-order valence-electron chi connectivity index (χ1n) is 9.45. The molecular weight excluding hydrogens is 386 g/mol. The number of nitrogens with zero attached hydrogens (tertiary/aromatic N) is 3. The number of nitro benzene ring substituents is 1. The van der Waals surface area contributed by atoms with Crippen molar-refractivity contribution in [2.24, 2.45) is 0 Å². The predicted molar refractivity (Wildman–Crippen MR) is 111 cm³/mol. The zero-order chi connectivity index (χ0) is 21.1. The summed E-state index contributed by atoms with van der Waals surface area (Å²) in [6.45, 7) is 0.833. The van der Waals surface area contributed by atoms with E-state index >= 15 is 0 Å². The number of amides is 2. The molecule has 0 bridgehead atoms. The Morgan fingerprint density at radius 2 is 2.13 bits per heavy atom. The van der Waals surface area contributed by atoms with Gasteiger partial charge in [-0.1, -0.05) is 12.1 Å². The molecule has 3 heterocycles. The van der Waals surface area contributed by atoms with Crippen LogP contribution in [0.4, 0.5) is 5.69 Å². The molecule has 1 aliphatic rings.